The van der Waals surface area contributed by atoms with Crippen molar-refractivity contribution in [2.24, 2.45) is 0 Å². The summed E-state index contributed by atoms with van der Waals surface area (Å²) in [5, 5.41) is 12.7. The highest BCUT2D eigenvalue weighted by Crippen LogP contribution is 2.03. The van der Waals surface area contributed by atoms with Gasteiger partial charge in [-0.1, -0.05) is 6.08 Å². The molecular formula is C10H12N2O5. The van der Waals surface area contributed by atoms with Gasteiger partial charge in [-0.3, -0.25) is 10.1 Å². The molecule has 7 heteroatoms. The van der Waals surface area contributed by atoms with Crippen LogP contribution < -0.4 is 5.32 Å². The van der Waals surface area contributed by atoms with Crippen LogP contribution in [0.4, 0.5) is 4.79 Å². The fraction of sp³-hybridized carbons (Fsp3) is 0.300. The van der Waals surface area contributed by atoms with Gasteiger partial charge in [0.25, 0.3) is 0 Å². The lowest BCUT2D eigenvalue weighted by Gasteiger charge is -2.09. The molecule has 0 saturated carbocycles. The lowest BCUT2D eigenvalue weighted by Crippen LogP contribution is -2.38. The number of rotatable bonds is 5. The summed E-state index contributed by atoms with van der Waals surface area (Å²) in [6.07, 6.45) is 3.78. The Labute approximate surface area is 97.2 Å². The van der Waals surface area contributed by atoms with Crippen molar-refractivity contribution >= 4 is 12.2 Å². The third-order valence-electron chi connectivity index (χ3n) is 1.87. The number of nitro groups is 1. The molecule has 1 N–H and O–H groups in total. The van der Waals surface area contributed by atoms with E-state index in [-0.39, 0.29) is 0 Å². The van der Waals surface area contributed by atoms with Crippen molar-refractivity contribution in [3.05, 3.63) is 40.3 Å². The minimum absolute atomic E-state index is 0.424. The van der Waals surface area contributed by atoms with Crippen molar-refractivity contribution in [2.45, 2.75) is 6.04 Å². The van der Waals surface area contributed by atoms with Crippen molar-refractivity contribution in [1.82, 2.24) is 5.32 Å². The SMILES string of the molecule is COC(=O)NC(/C=C/c1ccco1)C[N+](=O)[O-]. The number of furan rings is 1. The third kappa shape index (κ3) is 4.83. The van der Waals surface area contributed by atoms with Gasteiger partial charge in [-0.05, 0) is 18.2 Å². The van der Waals surface area contributed by atoms with Crippen molar-refractivity contribution in [1.29, 1.82) is 0 Å². The number of amides is 1. The Morgan fingerprint density at radius 2 is 2.53 bits per heavy atom. The average molecular weight is 240 g/mol. The summed E-state index contributed by atoms with van der Waals surface area (Å²) in [6.45, 7) is -0.424. The molecule has 0 aliphatic heterocycles. The van der Waals surface area contributed by atoms with Crippen LogP contribution in [0.1, 0.15) is 5.76 Å². The summed E-state index contributed by atoms with van der Waals surface area (Å²) in [6, 6.07) is 2.64. The molecule has 1 atom stereocenters. The summed E-state index contributed by atoms with van der Waals surface area (Å²) in [4.78, 5) is 20.8. The van der Waals surface area contributed by atoms with Gasteiger partial charge in [-0.2, -0.15) is 0 Å². The molecular weight excluding hydrogens is 228 g/mol. The molecule has 1 unspecified atom stereocenters. The van der Waals surface area contributed by atoms with Crippen LogP contribution in [-0.2, 0) is 4.74 Å². The molecule has 0 aliphatic carbocycles. The molecule has 1 aromatic heterocycles. The normalized spacial score (nSPS) is 12.3. The lowest BCUT2D eigenvalue weighted by molar-refractivity contribution is -0.481. The first-order chi connectivity index (χ1) is 8.11. The fourth-order valence-corrected chi connectivity index (χ4v) is 1.12. The molecule has 1 amide bonds. The minimum Gasteiger partial charge on any atom is -0.465 e. The number of carbonyl (C=O) groups is 1. The number of ether oxygens (including phenoxy) is 1. The number of hydrogen-bond acceptors (Lipinski definition) is 5. The molecule has 0 saturated heterocycles. The minimum atomic E-state index is -0.748. The van der Waals surface area contributed by atoms with Crippen molar-refractivity contribution in [2.75, 3.05) is 13.7 Å². The molecule has 7 nitrogen and oxygen atoms in total. The Morgan fingerprint density at radius 1 is 1.76 bits per heavy atom. The van der Waals surface area contributed by atoms with E-state index in [0.29, 0.717) is 5.76 Å². The zero-order valence-corrected chi connectivity index (χ0v) is 9.16. The predicted molar refractivity (Wildman–Crippen MR) is 58.9 cm³/mol. The average Bonchev–Trinajstić information content (AvgIpc) is 2.77. The van der Waals surface area contributed by atoms with Crippen LogP contribution in [0.3, 0.4) is 0 Å². The maximum Gasteiger partial charge on any atom is 0.407 e. The molecule has 1 rings (SSSR count). The summed E-state index contributed by atoms with van der Waals surface area (Å²) in [7, 11) is 1.19. The van der Waals surface area contributed by atoms with Crippen LogP contribution in [0.5, 0.6) is 0 Å². The highest BCUT2D eigenvalue weighted by molar-refractivity contribution is 5.68. The molecule has 92 valence electrons. The van der Waals surface area contributed by atoms with Crippen LogP contribution in [0.2, 0.25) is 0 Å². The number of methoxy groups -OCH3 is 1. The van der Waals surface area contributed by atoms with Crippen molar-refractivity contribution in [3.8, 4) is 0 Å². The van der Waals surface area contributed by atoms with E-state index in [1.165, 1.54) is 19.4 Å². The summed E-state index contributed by atoms with van der Waals surface area (Å²) >= 11 is 0. The zero-order chi connectivity index (χ0) is 12.7. The number of nitrogens with one attached hydrogen (secondary N) is 1. The van der Waals surface area contributed by atoms with E-state index in [2.05, 4.69) is 10.1 Å². The van der Waals surface area contributed by atoms with Crippen LogP contribution in [0.15, 0.2) is 28.9 Å². The maximum atomic E-state index is 11.0. The van der Waals surface area contributed by atoms with Gasteiger partial charge in [0.15, 0.2) is 0 Å². The molecule has 0 aliphatic rings. The van der Waals surface area contributed by atoms with Gasteiger partial charge in [-0.25, -0.2) is 4.79 Å². The number of alkyl carbamates (subject to hydrolysis) is 1. The van der Waals surface area contributed by atoms with E-state index in [4.69, 9.17) is 4.42 Å². The first-order valence-corrected chi connectivity index (χ1v) is 4.80. The second-order valence-electron chi connectivity index (χ2n) is 3.13. The zero-order valence-electron chi connectivity index (χ0n) is 9.16. The van der Waals surface area contributed by atoms with Crippen LogP contribution in [0, 0.1) is 10.1 Å². The summed E-state index contributed by atoms with van der Waals surface area (Å²) < 4.78 is 9.39. The fourth-order valence-electron chi connectivity index (χ4n) is 1.12. The first-order valence-electron chi connectivity index (χ1n) is 4.80. The largest absolute Gasteiger partial charge is 0.465 e. The topological polar surface area (TPSA) is 94.6 Å². The van der Waals surface area contributed by atoms with E-state index < -0.39 is 23.6 Å². The summed E-state index contributed by atoms with van der Waals surface area (Å²) in [5.74, 6) is 0.546. The standard InChI is InChI=1S/C10H12N2O5/c1-16-10(13)11-8(7-12(14)15)4-5-9-3-2-6-17-9/h2-6,8H,7H2,1H3,(H,11,13)/b5-4+. The maximum absolute atomic E-state index is 11.0. The van der Waals surface area contributed by atoms with E-state index in [1.54, 1.807) is 18.2 Å². The van der Waals surface area contributed by atoms with Crippen LogP contribution in [0.25, 0.3) is 6.08 Å². The molecule has 0 fully saturated rings. The Hall–Kier alpha value is -2.31. The van der Waals surface area contributed by atoms with E-state index in [0.717, 1.165) is 0 Å². The second-order valence-corrected chi connectivity index (χ2v) is 3.13. The van der Waals surface area contributed by atoms with Gasteiger partial charge >= 0.3 is 6.09 Å². The van der Waals surface area contributed by atoms with Gasteiger partial charge in [0.1, 0.15) is 11.8 Å². The van der Waals surface area contributed by atoms with Gasteiger partial charge in [-0.15, -0.1) is 0 Å². The van der Waals surface area contributed by atoms with E-state index in [9.17, 15) is 14.9 Å². The molecule has 1 aromatic rings. The van der Waals surface area contributed by atoms with Crippen LogP contribution in [-0.4, -0.2) is 30.7 Å². The molecule has 0 bridgehead atoms. The van der Waals surface area contributed by atoms with E-state index >= 15 is 0 Å². The second kappa shape index (κ2) is 6.31. The van der Waals surface area contributed by atoms with Crippen molar-refractivity contribution in [3.63, 3.8) is 0 Å². The van der Waals surface area contributed by atoms with Gasteiger partial charge in [0, 0.05) is 4.92 Å². The van der Waals surface area contributed by atoms with Gasteiger partial charge < -0.3 is 14.5 Å². The van der Waals surface area contributed by atoms with Gasteiger partial charge in [0.2, 0.25) is 6.54 Å². The van der Waals surface area contributed by atoms with Crippen molar-refractivity contribution < 1.29 is 18.9 Å². The Balaban J connectivity index is 2.62. The predicted octanol–water partition coefficient (Wildman–Crippen LogP) is 1.29. The number of carbonyl (C=O) groups excluding carboxylic acids is 1. The van der Waals surface area contributed by atoms with E-state index in [1.807, 2.05) is 0 Å². The molecule has 0 spiro atoms. The molecule has 17 heavy (non-hydrogen) atoms. The quantitative estimate of drug-likeness (QED) is 0.618. The summed E-state index contributed by atoms with van der Waals surface area (Å²) in [5.41, 5.74) is 0. The molecule has 0 radical (unpaired) electrons. The highest BCUT2D eigenvalue weighted by Gasteiger charge is 2.15. The smallest absolute Gasteiger partial charge is 0.407 e. The Bertz CT molecular complexity index is 399. The highest BCUT2D eigenvalue weighted by atomic mass is 16.6. The molecule has 1 heterocycles. The molecule has 0 aromatic carbocycles. The Kier molecular flexibility index (Phi) is 4.74. The monoisotopic (exact) mass is 240 g/mol. The number of nitrogens with zero attached hydrogens (tertiary/aromatic N) is 1. The van der Waals surface area contributed by atoms with Gasteiger partial charge in [0.05, 0.1) is 13.4 Å². The van der Waals surface area contributed by atoms with Crippen LogP contribution >= 0.6 is 0 Å². The third-order valence-corrected chi connectivity index (χ3v) is 1.87. The first kappa shape index (κ1) is 12.8. The Morgan fingerprint density at radius 3 is 3.06 bits per heavy atom. The lowest BCUT2D eigenvalue weighted by atomic mass is 10.2. The number of hydrogen-bond donors (Lipinski definition) is 1.